The summed E-state index contributed by atoms with van der Waals surface area (Å²) in [4.78, 5) is 31.6. The molecule has 2 bridgehead atoms. The molecule has 6 aliphatic carbocycles. The van der Waals surface area contributed by atoms with E-state index >= 15 is 4.79 Å². The smallest absolute Gasteiger partial charge is 0.497 e. The normalized spacial score (nSPS) is 33.1. The molecule has 3 N–H and O–H groups in total. The van der Waals surface area contributed by atoms with Gasteiger partial charge in [0.2, 0.25) is 0 Å². The number of nitrogens with one attached hydrogen (secondary N) is 1. The number of alkyl halides is 3. The largest absolute Gasteiger partial charge is 0.573 e. The molecule has 1 heterocycles. The predicted octanol–water partition coefficient (Wildman–Crippen LogP) is 10.3. The third-order valence-corrected chi connectivity index (χ3v) is 16.3. The highest BCUT2D eigenvalue weighted by atomic mass is 32.1. The molecule has 6 aliphatic rings. The van der Waals surface area contributed by atoms with E-state index < -0.39 is 40.3 Å². The lowest BCUT2D eigenvalue weighted by Gasteiger charge is -2.71. The minimum atomic E-state index is -4.84. The van der Waals surface area contributed by atoms with Crippen molar-refractivity contribution in [1.29, 1.82) is 0 Å². The molecule has 1 aromatic heterocycles. The second kappa shape index (κ2) is 14.0. The number of allylic oxidation sites excluding steroid dienone is 4. The number of rotatable bonds is 9. The summed E-state index contributed by atoms with van der Waals surface area (Å²) in [6.07, 6.45) is 5.96. The van der Waals surface area contributed by atoms with E-state index in [0.717, 1.165) is 28.5 Å². The van der Waals surface area contributed by atoms with E-state index in [1.165, 1.54) is 40.5 Å². The zero-order valence-electron chi connectivity index (χ0n) is 33.4. The average molecular weight is 827 g/mol. The lowest BCUT2D eigenvalue weighted by atomic mass is 9.32. The number of thiophene rings is 1. The number of ether oxygens (including phenoxy) is 2. The summed E-state index contributed by atoms with van der Waals surface area (Å²) in [6.45, 7) is 4.42. The van der Waals surface area contributed by atoms with Gasteiger partial charge in [-0.05, 0) is 122 Å². The number of benzene rings is 3. The van der Waals surface area contributed by atoms with E-state index in [2.05, 4.69) is 42.1 Å². The molecule has 0 radical (unpaired) electrons. The summed E-state index contributed by atoms with van der Waals surface area (Å²) < 4.78 is 49.3. The monoisotopic (exact) mass is 826 g/mol. The number of urea groups is 1. The number of methoxy groups -OCH3 is 1. The van der Waals surface area contributed by atoms with Gasteiger partial charge < -0.3 is 29.9 Å². The van der Waals surface area contributed by atoms with Crippen LogP contribution in [-0.4, -0.2) is 58.6 Å². The molecule has 8 nitrogen and oxygen atoms in total. The van der Waals surface area contributed by atoms with Gasteiger partial charge in [-0.15, -0.1) is 24.5 Å². The second-order valence-corrected chi connectivity index (χ2v) is 19.1. The molecule has 2 spiro atoms. The number of nitrogens with zero attached hydrogens (tertiary/aromatic N) is 1. The molecule has 3 fully saturated rings. The molecule has 12 heteroatoms. The first-order valence-corrected chi connectivity index (χ1v) is 21.3. The molecular formula is C47H49F3N2O6S. The van der Waals surface area contributed by atoms with Crippen molar-refractivity contribution in [1.82, 2.24) is 4.90 Å². The number of Topliss-reactive ketones (excluding diaryl/α,β-unsaturated/α-hetero) is 1. The Morgan fingerprint density at radius 2 is 1.58 bits per heavy atom. The van der Waals surface area contributed by atoms with Crippen LogP contribution in [0.2, 0.25) is 0 Å². The SMILES string of the molecule is COc1ccc(NC(=O)N(Cc2ccc(OC(F)(F)F)cc2)CC2(O)CCC3C45C=CC6(C=C4C(=O)c4cc7ccccc7s4)CC(O)CCC6(C)C5CCC32C)cc1. The summed E-state index contributed by atoms with van der Waals surface area (Å²) in [7, 11) is 1.55. The summed E-state index contributed by atoms with van der Waals surface area (Å²) in [6, 6.07) is 21.8. The summed E-state index contributed by atoms with van der Waals surface area (Å²) >= 11 is 1.50. The fourth-order valence-electron chi connectivity index (χ4n) is 12.2. The summed E-state index contributed by atoms with van der Waals surface area (Å²) in [5.74, 6) is 0.193. The van der Waals surface area contributed by atoms with E-state index in [4.69, 9.17) is 4.74 Å². The molecule has 59 heavy (non-hydrogen) atoms. The van der Waals surface area contributed by atoms with Crippen LogP contribution in [0.5, 0.6) is 11.5 Å². The average Bonchev–Trinajstić information content (AvgIpc) is 3.76. The second-order valence-electron chi connectivity index (χ2n) is 18.0. The van der Waals surface area contributed by atoms with Crippen molar-refractivity contribution >= 4 is 38.9 Å². The Balaban J connectivity index is 1.08. The van der Waals surface area contributed by atoms with Crippen LogP contribution in [0.4, 0.5) is 23.7 Å². The Morgan fingerprint density at radius 3 is 2.29 bits per heavy atom. The van der Waals surface area contributed by atoms with E-state index in [1.54, 1.807) is 31.4 Å². The first kappa shape index (κ1) is 39.8. The summed E-state index contributed by atoms with van der Waals surface area (Å²) in [5.41, 5.74) is -1.67. The molecule has 310 valence electrons. The highest BCUT2D eigenvalue weighted by Gasteiger charge is 2.74. The van der Waals surface area contributed by atoms with E-state index in [1.807, 2.05) is 30.3 Å². The third-order valence-electron chi connectivity index (χ3n) is 15.2. The van der Waals surface area contributed by atoms with Crippen molar-refractivity contribution < 1.29 is 42.4 Å². The first-order valence-electron chi connectivity index (χ1n) is 20.4. The number of amides is 2. The van der Waals surface area contributed by atoms with Crippen LogP contribution in [0.3, 0.4) is 0 Å². The molecule has 8 unspecified atom stereocenters. The topological polar surface area (TPSA) is 108 Å². The minimum absolute atomic E-state index is 0.000161. The number of carbonyl (C=O) groups excluding carboxylic acids is 2. The van der Waals surface area contributed by atoms with Crippen LogP contribution < -0.4 is 14.8 Å². The van der Waals surface area contributed by atoms with Crippen LogP contribution in [0.1, 0.15) is 74.0 Å². The van der Waals surface area contributed by atoms with Gasteiger partial charge in [-0.1, -0.05) is 62.4 Å². The van der Waals surface area contributed by atoms with Gasteiger partial charge in [0.25, 0.3) is 0 Å². The van der Waals surface area contributed by atoms with E-state index in [-0.39, 0.29) is 41.9 Å². The van der Waals surface area contributed by atoms with Gasteiger partial charge in [0.05, 0.1) is 30.2 Å². The fourth-order valence-corrected chi connectivity index (χ4v) is 13.3. The minimum Gasteiger partial charge on any atom is -0.497 e. The van der Waals surface area contributed by atoms with Crippen LogP contribution in [-0.2, 0) is 6.54 Å². The highest BCUT2D eigenvalue weighted by Crippen LogP contribution is 2.78. The van der Waals surface area contributed by atoms with Crippen molar-refractivity contribution in [3.05, 3.63) is 113 Å². The molecule has 4 aromatic rings. The van der Waals surface area contributed by atoms with Crippen LogP contribution in [0.25, 0.3) is 10.1 Å². The van der Waals surface area contributed by atoms with Gasteiger partial charge in [-0.3, -0.25) is 4.79 Å². The quantitative estimate of drug-likeness (QED) is 0.115. The number of fused-ring (bicyclic) bond motifs is 2. The van der Waals surface area contributed by atoms with Gasteiger partial charge in [0.1, 0.15) is 11.5 Å². The van der Waals surface area contributed by atoms with Crippen LogP contribution >= 0.6 is 11.3 Å². The zero-order valence-corrected chi connectivity index (χ0v) is 34.2. The Labute approximate surface area is 345 Å². The molecule has 0 aliphatic heterocycles. The lowest BCUT2D eigenvalue weighted by Crippen LogP contribution is -2.67. The van der Waals surface area contributed by atoms with Crippen LogP contribution in [0, 0.1) is 33.5 Å². The maximum Gasteiger partial charge on any atom is 0.573 e. The van der Waals surface area contributed by atoms with Gasteiger partial charge >= 0.3 is 12.4 Å². The third kappa shape index (κ3) is 6.31. The predicted molar refractivity (Wildman–Crippen MR) is 220 cm³/mol. The number of ketones is 1. The Kier molecular flexibility index (Phi) is 9.41. The molecule has 3 saturated carbocycles. The highest BCUT2D eigenvalue weighted by molar-refractivity contribution is 7.21. The Hall–Kier alpha value is -4.65. The number of anilines is 1. The van der Waals surface area contributed by atoms with Gasteiger partial charge in [0, 0.05) is 38.8 Å². The number of hydrogen-bond donors (Lipinski definition) is 3. The maximum absolute atomic E-state index is 15.1. The molecule has 10 rings (SSSR count). The Morgan fingerprint density at radius 1 is 0.898 bits per heavy atom. The standard InChI is InChI=1S/C47H49F3N2O6S/c1-42-19-16-32(53)25-44(42)22-23-46(35(26-44)40(54)37-24-30-6-4-5-7-36(30)59-37)38(42)17-20-43(2)39(46)18-21-45(43,56)28-52(41(55)51-31-10-14-33(57-3)15-11-31)27-29-8-12-34(13-9-29)58-47(48,49)50/h4-15,22-24,26,32,38-39,53,56H,16-21,25,27-28H2,1-3H3,(H,51,55). The van der Waals surface area contributed by atoms with Gasteiger partial charge in [0.15, 0.2) is 5.78 Å². The lowest BCUT2D eigenvalue weighted by molar-refractivity contribution is -0.274. The molecular weight excluding hydrogens is 778 g/mol. The first-order chi connectivity index (χ1) is 28.0. The molecule has 2 amide bonds. The molecule has 8 atom stereocenters. The molecule has 0 saturated heterocycles. The van der Waals surface area contributed by atoms with Crippen molar-refractivity contribution in [2.24, 2.45) is 33.5 Å². The summed E-state index contributed by atoms with van der Waals surface area (Å²) in [5, 5.41) is 28.3. The van der Waals surface area contributed by atoms with E-state index in [0.29, 0.717) is 54.0 Å². The van der Waals surface area contributed by atoms with Crippen molar-refractivity contribution in [3.63, 3.8) is 0 Å². The number of aliphatic hydroxyl groups excluding tert-OH is 1. The number of hydrogen-bond acceptors (Lipinski definition) is 7. The van der Waals surface area contributed by atoms with Crippen molar-refractivity contribution in [3.8, 4) is 11.5 Å². The molecule has 3 aromatic carbocycles. The Bertz CT molecular complexity index is 2330. The van der Waals surface area contributed by atoms with Crippen LogP contribution in [0.15, 0.2) is 103 Å². The zero-order chi connectivity index (χ0) is 41.6. The number of aliphatic hydroxyl groups is 2. The number of carbonyl (C=O) groups is 2. The van der Waals surface area contributed by atoms with Gasteiger partial charge in [-0.25, -0.2) is 4.79 Å². The number of halogens is 3. The fraction of sp³-hybridized carbons (Fsp3) is 0.447. The van der Waals surface area contributed by atoms with Gasteiger partial charge in [-0.2, -0.15) is 0 Å². The van der Waals surface area contributed by atoms with Crippen molar-refractivity contribution in [2.45, 2.75) is 83.4 Å². The van der Waals surface area contributed by atoms with Crippen molar-refractivity contribution in [2.75, 3.05) is 19.0 Å². The van der Waals surface area contributed by atoms with E-state index in [9.17, 15) is 28.2 Å². The maximum atomic E-state index is 15.1.